The molecule has 3 amide bonds. The molecule has 3 heterocycles. The molecular weight excluding hydrogens is 533 g/mol. The number of carbonyl (C=O) groups excluding carboxylic acids is 2. The maximum Gasteiger partial charge on any atom is 0.410 e. The normalized spacial score (nSPS) is 21.2. The van der Waals surface area contributed by atoms with Crippen molar-refractivity contribution in [3.63, 3.8) is 0 Å². The highest BCUT2D eigenvalue weighted by Crippen LogP contribution is 2.54. The number of rotatable bonds is 10. The largest absolute Gasteiger partial charge is 0.438 e. The third-order valence-corrected chi connectivity index (χ3v) is 7.98. The SMILES string of the molecule is COC[C@H](c1ccc2oc([C@@H](NC(=O)c3nonc3C)C(C3CC3)C3CC3)nc2c1)N1C[C@@H](C(F)(F)F)NC1=O. The molecule has 0 bridgehead atoms. The van der Waals surface area contributed by atoms with Gasteiger partial charge in [-0.2, -0.15) is 13.2 Å². The van der Waals surface area contributed by atoms with Gasteiger partial charge in [-0.05, 0) is 73.2 Å². The van der Waals surface area contributed by atoms with Gasteiger partial charge in [0.05, 0.1) is 19.2 Å². The number of hydrogen-bond donors (Lipinski definition) is 2. The molecule has 1 saturated heterocycles. The van der Waals surface area contributed by atoms with Crippen LogP contribution in [0.2, 0.25) is 0 Å². The molecule has 2 aliphatic carbocycles. The van der Waals surface area contributed by atoms with Gasteiger partial charge in [-0.1, -0.05) is 11.2 Å². The molecule has 3 fully saturated rings. The second-order valence-corrected chi connectivity index (χ2v) is 10.8. The summed E-state index contributed by atoms with van der Waals surface area (Å²) in [7, 11) is 1.42. The minimum absolute atomic E-state index is 0.0105. The zero-order valence-electron chi connectivity index (χ0n) is 21.9. The summed E-state index contributed by atoms with van der Waals surface area (Å²) in [5, 5.41) is 12.5. The van der Waals surface area contributed by atoms with Crippen LogP contribution in [-0.4, -0.2) is 64.6 Å². The number of urea groups is 1. The lowest BCUT2D eigenvalue weighted by atomic mass is 9.89. The maximum atomic E-state index is 13.3. The van der Waals surface area contributed by atoms with Crippen molar-refractivity contribution in [3.05, 3.63) is 41.0 Å². The lowest BCUT2D eigenvalue weighted by Gasteiger charge is -2.27. The molecule has 0 radical (unpaired) electrons. The average molecular weight is 563 g/mol. The Morgan fingerprint density at radius 3 is 2.52 bits per heavy atom. The Bertz CT molecular complexity index is 1400. The summed E-state index contributed by atoms with van der Waals surface area (Å²) in [6.07, 6.45) is -0.293. The predicted octanol–water partition coefficient (Wildman–Crippen LogP) is 4.07. The molecule has 40 heavy (non-hydrogen) atoms. The van der Waals surface area contributed by atoms with Gasteiger partial charge in [0.15, 0.2) is 11.3 Å². The number of nitrogens with one attached hydrogen (secondary N) is 2. The lowest BCUT2D eigenvalue weighted by Crippen LogP contribution is -2.40. The van der Waals surface area contributed by atoms with Crippen LogP contribution in [0.25, 0.3) is 11.1 Å². The van der Waals surface area contributed by atoms with Crippen molar-refractivity contribution >= 4 is 23.0 Å². The van der Waals surface area contributed by atoms with E-state index in [-0.39, 0.29) is 18.2 Å². The van der Waals surface area contributed by atoms with E-state index in [9.17, 15) is 22.8 Å². The first-order chi connectivity index (χ1) is 19.1. The van der Waals surface area contributed by atoms with Crippen molar-refractivity contribution in [1.29, 1.82) is 0 Å². The summed E-state index contributed by atoms with van der Waals surface area (Å²) in [6, 6.07) is 0.989. The monoisotopic (exact) mass is 562 g/mol. The minimum atomic E-state index is -4.56. The lowest BCUT2D eigenvalue weighted by molar-refractivity contribution is -0.150. The topological polar surface area (TPSA) is 136 Å². The van der Waals surface area contributed by atoms with Crippen molar-refractivity contribution in [2.24, 2.45) is 17.8 Å². The third kappa shape index (κ3) is 5.11. The van der Waals surface area contributed by atoms with Gasteiger partial charge in [-0.15, -0.1) is 0 Å². The molecule has 0 spiro atoms. The quantitative estimate of drug-likeness (QED) is 0.378. The zero-order chi connectivity index (χ0) is 28.2. The van der Waals surface area contributed by atoms with E-state index in [1.807, 2.05) is 5.32 Å². The van der Waals surface area contributed by atoms with Crippen molar-refractivity contribution in [2.75, 3.05) is 20.3 Å². The predicted molar refractivity (Wildman–Crippen MR) is 132 cm³/mol. The van der Waals surface area contributed by atoms with E-state index < -0.39 is 42.8 Å². The molecule has 2 aromatic heterocycles. The molecule has 1 aromatic carbocycles. The number of hydrogen-bond acceptors (Lipinski definition) is 8. The van der Waals surface area contributed by atoms with Gasteiger partial charge in [-0.3, -0.25) is 4.79 Å². The van der Waals surface area contributed by atoms with E-state index >= 15 is 0 Å². The van der Waals surface area contributed by atoms with Gasteiger partial charge >= 0.3 is 12.2 Å². The summed E-state index contributed by atoms with van der Waals surface area (Å²) in [5.41, 5.74) is 1.94. The number of aryl methyl sites for hydroxylation is 1. The highest BCUT2D eigenvalue weighted by molar-refractivity contribution is 5.93. The van der Waals surface area contributed by atoms with Gasteiger partial charge < -0.3 is 24.7 Å². The number of ether oxygens (including phenoxy) is 1. The second-order valence-electron chi connectivity index (χ2n) is 10.8. The van der Waals surface area contributed by atoms with E-state index in [2.05, 4.69) is 15.6 Å². The van der Waals surface area contributed by atoms with Crippen LogP contribution in [0.1, 0.15) is 65.4 Å². The number of amides is 3. The molecule has 3 aromatic rings. The van der Waals surface area contributed by atoms with Crippen LogP contribution >= 0.6 is 0 Å². The Hall–Kier alpha value is -3.68. The summed E-state index contributed by atoms with van der Waals surface area (Å²) >= 11 is 0. The van der Waals surface area contributed by atoms with E-state index in [0.717, 1.165) is 30.6 Å². The number of aromatic nitrogens is 3. The first-order valence-electron chi connectivity index (χ1n) is 13.3. The molecule has 11 nitrogen and oxygen atoms in total. The average Bonchev–Trinajstić information content (AvgIpc) is 3.80. The van der Waals surface area contributed by atoms with Gasteiger partial charge in [-0.25, -0.2) is 14.4 Å². The van der Waals surface area contributed by atoms with Crippen LogP contribution in [0.5, 0.6) is 0 Å². The zero-order valence-corrected chi connectivity index (χ0v) is 21.9. The second kappa shape index (κ2) is 10.1. The number of halogens is 3. The van der Waals surface area contributed by atoms with Crippen molar-refractivity contribution in [2.45, 2.75) is 56.9 Å². The van der Waals surface area contributed by atoms with Gasteiger partial charge in [0.1, 0.15) is 23.3 Å². The molecule has 214 valence electrons. The van der Waals surface area contributed by atoms with Crippen molar-refractivity contribution in [3.8, 4) is 0 Å². The van der Waals surface area contributed by atoms with Gasteiger partial charge in [0, 0.05) is 7.11 Å². The van der Waals surface area contributed by atoms with Crippen LogP contribution in [0, 0.1) is 24.7 Å². The Labute approximate surface area is 226 Å². The van der Waals surface area contributed by atoms with E-state index in [4.69, 9.17) is 18.8 Å². The number of fused-ring (bicyclic) bond motifs is 1. The van der Waals surface area contributed by atoms with E-state index in [1.54, 1.807) is 25.1 Å². The first kappa shape index (κ1) is 26.5. The van der Waals surface area contributed by atoms with Gasteiger partial charge in [0.25, 0.3) is 5.91 Å². The number of alkyl halides is 3. The van der Waals surface area contributed by atoms with E-state index in [1.165, 1.54) is 7.11 Å². The fourth-order valence-corrected chi connectivity index (χ4v) is 5.70. The molecule has 0 unspecified atom stereocenters. The Morgan fingerprint density at radius 2 is 1.95 bits per heavy atom. The third-order valence-electron chi connectivity index (χ3n) is 7.98. The number of methoxy groups -OCH3 is 1. The summed E-state index contributed by atoms with van der Waals surface area (Å²) in [6.45, 7) is 1.09. The number of carbonyl (C=O) groups is 2. The molecule has 2 N–H and O–H groups in total. The minimum Gasteiger partial charge on any atom is -0.438 e. The number of benzene rings is 1. The van der Waals surface area contributed by atoms with Crippen LogP contribution in [0.4, 0.5) is 18.0 Å². The fourth-order valence-electron chi connectivity index (χ4n) is 5.70. The maximum absolute atomic E-state index is 13.3. The van der Waals surface area contributed by atoms with Gasteiger partial charge in [0.2, 0.25) is 5.89 Å². The Kier molecular flexibility index (Phi) is 6.67. The molecule has 2 saturated carbocycles. The number of nitrogens with zero attached hydrogens (tertiary/aromatic N) is 4. The Balaban J connectivity index is 1.32. The Morgan fingerprint density at radius 1 is 1.23 bits per heavy atom. The molecule has 3 aliphatic rings. The van der Waals surface area contributed by atoms with Crippen LogP contribution in [0.15, 0.2) is 27.2 Å². The van der Waals surface area contributed by atoms with Crippen LogP contribution in [-0.2, 0) is 4.74 Å². The summed E-state index contributed by atoms with van der Waals surface area (Å²) < 4.78 is 56.0. The highest BCUT2D eigenvalue weighted by Gasteiger charge is 2.49. The number of oxazole rings is 1. The first-order valence-corrected chi connectivity index (χ1v) is 13.3. The molecule has 14 heteroatoms. The van der Waals surface area contributed by atoms with Crippen LogP contribution < -0.4 is 10.6 Å². The van der Waals surface area contributed by atoms with E-state index in [0.29, 0.717) is 40.1 Å². The fraction of sp³-hybridized carbons (Fsp3) is 0.577. The molecular formula is C26H29F3N6O5. The standard InChI is InChI=1S/C26H29F3N6O5/c1-12-21(34-40-33-12)23(36)32-22(20(13-3-4-13)14-5-6-14)24-30-16-9-15(7-8-18(16)39-24)17(11-38-2)35-10-19(26(27,28)29)31-25(35)37/h7-9,13-14,17,19-20,22H,3-6,10-11H2,1-2H3,(H,31,37)(H,32,36)/t17-,19+,22+/m1/s1. The van der Waals surface area contributed by atoms with Crippen molar-refractivity contribution < 1.29 is 36.5 Å². The molecule has 3 atom stereocenters. The smallest absolute Gasteiger partial charge is 0.410 e. The summed E-state index contributed by atoms with van der Waals surface area (Å²) in [4.78, 5) is 31.5. The van der Waals surface area contributed by atoms with Crippen LogP contribution in [0.3, 0.4) is 0 Å². The van der Waals surface area contributed by atoms with Crippen molar-refractivity contribution in [1.82, 2.24) is 30.8 Å². The summed E-state index contributed by atoms with van der Waals surface area (Å²) in [5.74, 6) is 0.947. The molecule has 1 aliphatic heterocycles. The highest BCUT2D eigenvalue weighted by atomic mass is 19.4. The molecule has 6 rings (SSSR count).